The highest BCUT2D eigenvalue weighted by atomic mass is 16.8. The van der Waals surface area contributed by atoms with E-state index in [1.54, 1.807) is 0 Å². The van der Waals surface area contributed by atoms with Crippen LogP contribution >= 0.6 is 0 Å². The van der Waals surface area contributed by atoms with E-state index in [9.17, 15) is 101 Å². The van der Waals surface area contributed by atoms with Gasteiger partial charge in [0.25, 0.3) is 5.79 Å². The first-order chi connectivity index (χ1) is 33.3. The molecule has 26 atom stereocenters. The minimum atomic E-state index is -3.03. The predicted molar refractivity (Wildman–Crippen MR) is 219 cm³/mol. The van der Waals surface area contributed by atoms with Gasteiger partial charge >= 0.3 is 5.97 Å². The number of aliphatic hydroxyl groups is 15. The van der Waals surface area contributed by atoms with Crippen LogP contribution in [0.15, 0.2) is 0 Å². The molecule has 3 amide bonds. The average molecular weight is 1040 g/mol. The number of hydrogen-bond acceptors (Lipinski definition) is 28. The molecule has 19 N–H and O–H groups in total. The van der Waals surface area contributed by atoms with Gasteiger partial charge in [-0.25, -0.2) is 4.79 Å². The fraction of sp³-hybridized carbons (Fsp3) is 0.897. The summed E-state index contributed by atoms with van der Waals surface area (Å²) >= 11 is 0. The predicted octanol–water partition coefficient (Wildman–Crippen LogP) is -12.3. The third kappa shape index (κ3) is 13.1. The van der Waals surface area contributed by atoms with Crippen LogP contribution in [-0.4, -0.2) is 297 Å². The molecule has 5 saturated heterocycles. The molecular weight excluding hydrogens is 974 g/mol. The van der Waals surface area contributed by atoms with Gasteiger partial charge < -0.3 is 140 Å². The van der Waals surface area contributed by atoms with Crippen LogP contribution < -0.4 is 16.0 Å². The van der Waals surface area contributed by atoms with Gasteiger partial charge in [0, 0.05) is 20.3 Å². The lowest BCUT2D eigenvalue weighted by atomic mass is 9.88. The molecule has 0 spiro atoms. The summed E-state index contributed by atoms with van der Waals surface area (Å²) in [6.45, 7) is -2.12. The largest absolute Gasteiger partial charge is 0.477 e. The maximum Gasteiger partial charge on any atom is 0.364 e. The van der Waals surface area contributed by atoms with Crippen LogP contribution in [0.5, 0.6) is 0 Å². The second-order valence-corrected chi connectivity index (χ2v) is 17.6. The molecule has 5 aliphatic rings. The maximum absolute atomic E-state index is 12.8. The Bertz CT molecular complexity index is 1780. The van der Waals surface area contributed by atoms with Crippen LogP contribution in [0, 0.1) is 0 Å². The monoisotopic (exact) mass is 1040 g/mol. The third-order valence-electron chi connectivity index (χ3n) is 12.6. The van der Waals surface area contributed by atoms with Crippen molar-refractivity contribution in [2.45, 2.75) is 186 Å². The first-order valence-electron chi connectivity index (χ1n) is 22.2. The molecule has 5 heterocycles. The summed E-state index contributed by atoms with van der Waals surface area (Å²) in [4.78, 5) is 49.9. The van der Waals surface area contributed by atoms with Crippen LogP contribution in [0.2, 0.25) is 0 Å². The fourth-order valence-electron chi connectivity index (χ4n) is 8.75. The van der Waals surface area contributed by atoms with Crippen molar-refractivity contribution >= 4 is 23.7 Å². The number of carboxylic acids is 1. The summed E-state index contributed by atoms with van der Waals surface area (Å²) in [6, 6.07) is -5.32. The third-order valence-corrected chi connectivity index (χ3v) is 12.6. The second kappa shape index (κ2) is 25.0. The van der Waals surface area contributed by atoms with E-state index in [2.05, 4.69) is 16.0 Å². The number of aliphatic carboxylic acids is 1. The topological polar surface area (TPSA) is 511 Å². The molecular formula is C39H65N3O29. The van der Waals surface area contributed by atoms with Crippen LogP contribution in [0.25, 0.3) is 0 Å². The number of rotatable bonds is 19. The van der Waals surface area contributed by atoms with Crippen molar-refractivity contribution in [3.63, 3.8) is 0 Å². The van der Waals surface area contributed by atoms with Gasteiger partial charge in [0.05, 0.1) is 44.7 Å². The quantitative estimate of drug-likeness (QED) is 0.0571. The van der Waals surface area contributed by atoms with Crippen LogP contribution in [-0.2, 0) is 61.8 Å². The molecule has 0 aromatic rings. The number of nitrogens with one attached hydrogen (secondary N) is 3. The van der Waals surface area contributed by atoms with E-state index in [1.807, 2.05) is 0 Å². The Hall–Kier alpha value is -3.08. The van der Waals surface area contributed by atoms with E-state index < -0.39 is 222 Å². The summed E-state index contributed by atoms with van der Waals surface area (Å²) < 4.78 is 51.4. The molecule has 0 bridgehead atoms. The second-order valence-electron chi connectivity index (χ2n) is 17.6. The van der Waals surface area contributed by atoms with Crippen LogP contribution in [0.4, 0.5) is 0 Å². The van der Waals surface area contributed by atoms with Gasteiger partial charge in [0.15, 0.2) is 25.2 Å². The smallest absolute Gasteiger partial charge is 0.364 e. The lowest BCUT2D eigenvalue weighted by Crippen LogP contribution is -2.71. The Morgan fingerprint density at radius 1 is 0.620 bits per heavy atom. The highest BCUT2D eigenvalue weighted by Gasteiger charge is 2.59. The van der Waals surface area contributed by atoms with E-state index in [4.69, 9.17) is 42.6 Å². The van der Waals surface area contributed by atoms with Crippen molar-refractivity contribution < 1.29 is 144 Å². The summed E-state index contributed by atoms with van der Waals surface area (Å²) in [5.41, 5.74) is 0. The Kier molecular flexibility index (Phi) is 20.7. The molecule has 71 heavy (non-hydrogen) atoms. The number of carbonyl (C=O) groups is 4. The van der Waals surface area contributed by atoms with Crippen molar-refractivity contribution in [2.75, 3.05) is 33.0 Å². The van der Waals surface area contributed by atoms with Gasteiger partial charge in [-0.1, -0.05) is 0 Å². The van der Waals surface area contributed by atoms with Gasteiger partial charge in [0.2, 0.25) is 17.7 Å². The number of amides is 3. The molecule has 32 nitrogen and oxygen atoms in total. The van der Waals surface area contributed by atoms with Crippen molar-refractivity contribution in [3.05, 3.63) is 0 Å². The summed E-state index contributed by atoms with van der Waals surface area (Å²) in [5.74, 6) is -7.88. The molecule has 5 aliphatic heterocycles. The zero-order valence-corrected chi connectivity index (χ0v) is 38.1. The molecule has 5 fully saturated rings. The van der Waals surface area contributed by atoms with E-state index in [0.717, 1.165) is 13.8 Å². The highest BCUT2D eigenvalue weighted by molar-refractivity contribution is 5.78. The van der Waals surface area contributed by atoms with Gasteiger partial charge in [-0.3, -0.25) is 14.4 Å². The summed E-state index contributed by atoms with van der Waals surface area (Å²) in [6.07, 6.45) is -43.2. The Balaban J connectivity index is 1.42. The highest BCUT2D eigenvalue weighted by Crippen LogP contribution is 2.37. The molecule has 0 aromatic heterocycles. The molecule has 410 valence electrons. The van der Waals surface area contributed by atoms with E-state index in [1.165, 1.54) is 6.92 Å². The first kappa shape index (κ1) is 58.8. The lowest BCUT2D eigenvalue weighted by Gasteiger charge is -2.50. The first-order valence-corrected chi connectivity index (χ1v) is 22.2. The maximum atomic E-state index is 12.8. The Labute approximate surface area is 402 Å². The van der Waals surface area contributed by atoms with Gasteiger partial charge in [0.1, 0.15) is 116 Å². The van der Waals surface area contributed by atoms with Crippen LogP contribution in [0.1, 0.15) is 27.2 Å². The summed E-state index contributed by atoms with van der Waals surface area (Å²) in [7, 11) is 0. The van der Waals surface area contributed by atoms with Crippen molar-refractivity contribution in [2.24, 2.45) is 0 Å². The minimum Gasteiger partial charge on any atom is -0.477 e. The van der Waals surface area contributed by atoms with Crippen molar-refractivity contribution in [1.29, 1.82) is 0 Å². The average Bonchev–Trinajstić information content (AvgIpc) is 3.32. The van der Waals surface area contributed by atoms with Crippen LogP contribution in [0.3, 0.4) is 0 Å². The van der Waals surface area contributed by atoms with Gasteiger partial charge in [-0.05, 0) is 6.92 Å². The molecule has 0 radical (unpaired) electrons. The number of ether oxygens (including phenoxy) is 9. The molecule has 0 saturated carbocycles. The van der Waals surface area contributed by atoms with Crippen molar-refractivity contribution in [1.82, 2.24) is 16.0 Å². The number of carbonyl (C=O) groups excluding carboxylic acids is 3. The summed E-state index contributed by atoms with van der Waals surface area (Å²) in [5, 5.41) is 176. The molecule has 32 heteroatoms. The van der Waals surface area contributed by atoms with E-state index in [0.29, 0.717) is 0 Å². The number of hydrogen-bond donors (Lipinski definition) is 19. The van der Waals surface area contributed by atoms with Crippen molar-refractivity contribution in [3.8, 4) is 0 Å². The Morgan fingerprint density at radius 3 is 1.79 bits per heavy atom. The zero-order chi connectivity index (χ0) is 53.0. The minimum absolute atomic E-state index is 0.853. The molecule has 0 aromatic carbocycles. The van der Waals surface area contributed by atoms with E-state index in [-0.39, 0.29) is 0 Å². The number of aliphatic hydroxyl groups excluding tert-OH is 15. The van der Waals surface area contributed by atoms with Gasteiger partial charge in [-0.2, -0.15) is 0 Å². The standard InChI is InChI=1S/C39H65N3O29/c1-10-22(52)27(57)29(59)36(64-10)70-33-28(58)24(54)15(6-44)66-37(33)68-30-16(7-45)67-35(20(26(30)56)40-11(2)47)69-31-21(41-12(3)48)34(60)65-17(25(31)55)9-63-39(38(61)62)4-13(49)19(42-18(51)8-46)32(71-39)23(53)14(50)5-43/h10,13-17,19-37,43-46,49-50,52-60H,4-9H2,1-3H3,(H,40,47)(H,41,48)(H,42,51)(H,61,62)/t10-,13-,14+,15+,16+,17+,19+,20+,21+,22+,23+,24-,25-,26+,27+,28-,29-,30+,31+,32+,33+,34-,35-,36-,37+,39+/m0/s1. The molecule has 5 rings (SSSR count). The fourth-order valence-corrected chi connectivity index (χ4v) is 8.75. The van der Waals surface area contributed by atoms with Gasteiger partial charge in [-0.15, -0.1) is 0 Å². The Morgan fingerprint density at radius 2 is 1.21 bits per heavy atom. The molecule has 0 aliphatic carbocycles. The lowest BCUT2D eigenvalue weighted by molar-refractivity contribution is -0.386. The van der Waals surface area contributed by atoms with E-state index >= 15 is 0 Å². The number of carboxylic acid groups (broad SMARTS) is 1. The molecule has 0 unspecified atom stereocenters. The SMILES string of the molecule is CC(=O)N[C@@H]1[C@@H](O[C@@H]2O[C@H](CO)[C@@H](O[C@H]3O[C@H](CO)[C@H](O)[C@H](O)[C@H]3O[C@@H]3O[C@@H](C)[C@@H](O)[C@@H](O)[C@@H]3O)[C@H](O)[C@H]2NC(C)=O)[C@@H](O)[C@@H](CO[C@]2(C(=O)O)C[C@H](O)[C@@H](NC(=O)CO)[C@H]([C@H](O)[C@H](O)CO)O2)O[C@@H]1O. The normalized spacial score (nSPS) is 45.0. The zero-order valence-electron chi connectivity index (χ0n) is 38.1.